The van der Waals surface area contributed by atoms with E-state index in [0.29, 0.717) is 0 Å². The minimum atomic E-state index is -0.247. The van der Waals surface area contributed by atoms with Gasteiger partial charge in [0.1, 0.15) is 0 Å². The summed E-state index contributed by atoms with van der Waals surface area (Å²) in [4.78, 5) is 0. The van der Waals surface area contributed by atoms with Gasteiger partial charge in [-0.15, -0.1) is 0 Å². The van der Waals surface area contributed by atoms with Gasteiger partial charge in [-0.05, 0) is 38.7 Å². The molecule has 1 aromatic rings. The Balaban J connectivity index is 2.23. The number of benzene rings is 1. The van der Waals surface area contributed by atoms with Crippen molar-refractivity contribution >= 4 is 0 Å². The van der Waals surface area contributed by atoms with Gasteiger partial charge in [-0.2, -0.15) is 0 Å². The Labute approximate surface area is 98.3 Å². The van der Waals surface area contributed by atoms with Crippen molar-refractivity contribution < 1.29 is 9.84 Å². The van der Waals surface area contributed by atoms with E-state index in [4.69, 9.17) is 4.74 Å². The topological polar surface area (TPSA) is 29.5 Å². The Hall–Kier alpha value is -0.860. The van der Waals surface area contributed by atoms with Crippen LogP contribution < -0.4 is 0 Å². The Kier molecular flexibility index (Phi) is 6.12. The molecule has 0 aliphatic rings. The van der Waals surface area contributed by atoms with Crippen molar-refractivity contribution in [2.45, 2.75) is 39.2 Å². The van der Waals surface area contributed by atoms with Gasteiger partial charge >= 0.3 is 0 Å². The van der Waals surface area contributed by atoms with Crippen molar-refractivity contribution in [3.05, 3.63) is 35.4 Å². The second-order valence-electron chi connectivity index (χ2n) is 4.18. The van der Waals surface area contributed by atoms with E-state index in [0.717, 1.165) is 32.5 Å². The Morgan fingerprint density at radius 2 is 1.94 bits per heavy atom. The molecule has 0 spiro atoms. The van der Waals surface area contributed by atoms with Crippen molar-refractivity contribution in [2.75, 3.05) is 13.2 Å². The molecule has 0 amide bonds. The number of aliphatic hydroxyl groups excluding tert-OH is 1. The van der Waals surface area contributed by atoms with Gasteiger partial charge in [0, 0.05) is 13.2 Å². The molecule has 1 atom stereocenters. The van der Waals surface area contributed by atoms with Crippen LogP contribution in [0.1, 0.15) is 30.9 Å². The van der Waals surface area contributed by atoms with Crippen LogP contribution in [0.2, 0.25) is 0 Å². The quantitative estimate of drug-likeness (QED) is 0.719. The van der Waals surface area contributed by atoms with Crippen molar-refractivity contribution in [3.8, 4) is 0 Å². The predicted molar refractivity (Wildman–Crippen MR) is 66.6 cm³/mol. The fourth-order valence-electron chi connectivity index (χ4n) is 1.66. The lowest BCUT2D eigenvalue weighted by Gasteiger charge is -2.10. The average molecular weight is 222 g/mol. The molecule has 0 heterocycles. The maximum absolute atomic E-state index is 9.82. The fourth-order valence-corrected chi connectivity index (χ4v) is 1.66. The SMILES string of the molecule is CCOCCCC(O)Cc1ccc(C)cc1. The Morgan fingerprint density at radius 1 is 1.25 bits per heavy atom. The molecule has 0 aromatic heterocycles. The van der Waals surface area contributed by atoms with Gasteiger partial charge in [0.25, 0.3) is 0 Å². The summed E-state index contributed by atoms with van der Waals surface area (Å²) in [7, 11) is 0. The molecule has 2 nitrogen and oxygen atoms in total. The number of hydrogen-bond donors (Lipinski definition) is 1. The van der Waals surface area contributed by atoms with Crippen molar-refractivity contribution in [1.29, 1.82) is 0 Å². The first kappa shape index (κ1) is 13.2. The fraction of sp³-hybridized carbons (Fsp3) is 0.571. The normalized spacial score (nSPS) is 12.7. The highest BCUT2D eigenvalue weighted by atomic mass is 16.5. The summed E-state index contributed by atoms with van der Waals surface area (Å²) in [5.41, 5.74) is 2.46. The monoisotopic (exact) mass is 222 g/mol. The summed E-state index contributed by atoms with van der Waals surface area (Å²) in [5.74, 6) is 0. The summed E-state index contributed by atoms with van der Waals surface area (Å²) in [6, 6.07) is 8.34. The smallest absolute Gasteiger partial charge is 0.0581 e. The standard InChI is InChI=1S/C14H22O2/c1-3-16-10-4-5-14(15)11-13-8-6-12(2)7-9-13/h6-9,14-15H,3-5,10-11H2,1-2H3. The predicted octanol–water partition coefficient (Wildman–Crippen LogP) is 2.72. The van der Waals surface area contributed by atoms with Crippen LogP contribution in [0.5, 0.6) is 0 Å². The largest absolute Gasteiger partial charge is 0.393 e. The first-order valence-corrected chi connectivity index (χ1v) is 6.03. The molecule has 16 heavy (non-hydrogen) atoms. The van der Waals surface area contributed by atoms with Crippen LogP contribution >= 0.6 is 0 Å². The first-order chi connectivity index (χ1) is 7.72. The number of aliphatic hydroxyl groups is 1. The highest BCUT2D eigenvalue weighted by Crippen LogP contribution is 2.09. The molecule has 0 aliphatic carbocycles. The van der Waals surface area contributed by atoms with E-state index in [1.807, 2.05) is 6.92 Å². The van der Waals surface area contributed by atoms with Crippen LogP contribution in [0, 0.1) is 6.92 Å². The Bertz CT molecular complexity index is 279. The summed E-state index contributed by atoms with van der Waals surface area (Å²) in [6.07, 6.45) is 2.24. The van der Waals surface area contributed by atoms with E-state index in [2.05, 4.69) is 31.2 Å². The molecule has 0 saturated heterocycles. The van der Waals surface area contributed by atoms with Crippen LogP contribution in [0.25, 0.3) is 0 Å². The van der Waals surface area contributed by atoms with E-state index in [1.165, 1.54) is 11.1 Å². The molecule has 1 aromatic carbocycles. The molecular weight excluding hydrogens is 200 g/mol. The highest BCUT2D eigenvalue weighted by molar-refractivity contribution is 5.21. The maximum Gasteiger partial charge on any atom is 0.0581 e. The lowest BCUT2D eigenvalue weighted by molar-refractivity contribution is 0.114. The van der Waals surface area contributed by atoms with Crippen molar-refractivity contribution in [2.24, 2.45) is 0 Å². The zero-order valence-corrected chi connectivity index (χ0v) is 10.3. The van der Waals surface area contributed by atoms with E-state index in [9.17, 15) is 5.11 Å². The van der Waals surface area contributed by atoms with Gasteiger partial charge in [0.2, 0.25) is 0 Å². The van der Waals surface area contributed by atoms with Crippen LogP contribution in [-0.4, -0.2) is 24.4 Å². The minimum absolute atomic E-state index is 0.247. The molecule has 1 unspecified atom stereocenters. The van der Waals surface area contributed by atoms with Gasteiger partial charge in [0.05, 0.1) is 6.10 Å². The first-order valence-electron chi connectivity index (χ1n) is 6.03. The number of aryl methyl sites for hydroxylation is 1. The summed E-state index contributed by atoms with van der Waals surface area (Å²) in [5, 5.41) is 9.82. The molecular formula is C14H22O2. The van der Waals surface area contributed by atoms with E-state index in [-0.39, 0.29) is 6.10 Å². The number of ether oxygens (including phenoxy) is 1. The lowest BCUT2D eigenvalue weighted by atomic mass is 10.0. The molecule has 0 saturated carbocycles. The van der Waals surface area contributed by atoms with Gasteiger partial charge in [-0.1, -0.05) is 29.8 Å². The number of rotatable bonds is 7. The molecule has 0 fully saturated rings. The van der Waals surface area contributed by atoms with Gasteiger partial charge < -0.3 is 9.84 Å². The van der Waals surface area contributed by atoms with Crippen LogP contribution in [0.3, 0.4) is 0 Å². The summed E-state index contributed by atoms with van der Waals surface area (Å²) < 4.78 is 5.24. The molecule has 0 bridgehead atoms. The molecule has 2 heteroatoms. The minimum Gasteiger partial charge on any atom is -0.393 e. The maximum atomic E-state index is 9.82. The highest BCUT2D eigenvalue weighted by Gasteiger charge is 2.05. The molecule has 1 rings (SSSR count). The third kappa shape index (κ3) is 5.29. The average Bonchev–Trinajstić information content (AvgIpc) is 2.28. The zero-order chi connectivity index (χ0) is 11.8. The molecule has 0 radical (unpaired) electrons. The third-order valence-electron chi connectivity index (χ3n) is 2.62. The summed E-state index contributed by atoms with van der Waals surface area (Å²) >= 11 is 0. The molecule has 0 aliphatic heterocycles. The van der Waals surface area contributed by atoms with E-state index in [1.54, 1.807) is 0 Å². The van der Waals surface area contributed by atoms with Gasteiger partial charge in [0.15, 0.2) is 0 Å². The third-order valence-corrected chi connectivity index (χ3v) is 2.62. The van der Waals surface area contributed by atoms with Crippen LogP contribution in [0.15, 0.2) is 24.3 Å². The molecule has 1 N–H and O–H groups in total. The summed E-state index contributed by atoms with van der Waals surface area (Å²) in [6.45, 7) is 5.57. The van der Waals surface area contributed by atoms with Gasteiger partial charge in [-0.3, -0.25) is 0 Å². The van der Waals surface area contributed by atoms with E-state index >= 15 is 0 Å². The Morgan fingerprint density at radius 3 is 2.56 bits per heavy atom. The van der Waals surface area contributed by atoms with Crippen LogP contribution in [-0.2, 0) is 11.2 Å². The van der Waals surface area contributed by atoms with Crippen molar-refractivity contribution in [3.63, 3.8) is 0 Å². The number of hydrogen-bond acceptors (Lipinski definition) is 2. The molecule has 90 valence electrons. The lowest BCUT2D eigenvalue weighted by Crippen LogP contribution is -2.11. The van der Waals surface area contributed by atoms with E-state index < -0.39 is 0 Å². The second kappa shape index (κ2) is 7.42. The van der Waals surface area contributed by atoms with Gasteiger partial charge in [-0.25, -0.2) is 0 Å². The van der Waals surface area contributed by atoms with Crippen molar-refractivity contribution in [1.82, 2.24) is 0 Å². The van der Waals surface area contributed by atoms with Crippen LogP contribution in [0.4, 0.5) is 0 Å². The second-order valence-corrected chi connectivity index (χ2v) is 4.18. The zero-order valence-electron chi connectivity index (χ0n) is 10.3.